The number of halogens is 1. The third kappa shape index (κ3) is 4.77. The number of rotatable bonds is 6. The summed E-state index contributed by atoms with van der Waals surface area (Å²) < 4.78 is 1.17. The molecule has 1 N–H and O–H groups in total. The van der Waals surface area contributed by atoms with E-state index in [1.807, 2.05) is 0 Å². The zero-order valence-corrected chi connectivity index (χ0v) is 10.3. The number of nitrogens with one attached hydrogen (secondary N) is 1. The molecular formula is C12H18BrN. The highest BCUT2D eigenvalue weighted by Crippen LogP contribution is 2.11. The van der Waals surface area contributed by atoms with Gasteiger partial charge in [-0.2, -0.15) is 0 Å². The number of hydrogen-bond acceptors (Lipinski definition) is 1. The monoisotopic (exact) mass is 255 g/mol. The Bertz CT molecular complexity index is 260. The van der Waals surface area contributed by atoms with E-state index in [-0.39, 0.29) is 0 Å². The molecule has 14 heavy (non-hydrogen) atoms. The first-order chi connectivity index (χ1) is 6.83. The van der Waals surface area contributed by atoms with Crippen LogP contribution in [0.5, 0.6) is 0 Å². The van der Waals surface area contributed by atoms with E-state index < -0.39 is 0 Å². The molecule has 1 nitrogen and oxygen atoms in total. The van der Waals surface area contributed by atoms with Gasteiger partial charge in [-0.1, -0.05) is 41.4 Å². The molecule has 78 valence electrons. The molecule has 0 fully saturated rings. The molecule has 0 aromatic heterocycles. The summed E-state index contributed by atoms with van der Waals surface area (Å²) in [5, 5.41) is 3.44. The first-order valence-electron chi connectivity index (χ1n) is 5.28. The first-order valence-corrected chi connectivity index (χ1v) is 6.07. The van der Waals surface area contributed by atoms with Gasteiger partial charge in [-0.15, -0.1) is 0 Å². The Kier molecular flexibility index (Phi) is 5.88. The van der Waals surface area contributed by atoms with Crippen molar-refractivity contribution >= 4 is 15.9 Å². The third-order valence-corrected chi connectivity index (χ3v) is 2.68. The van der Waals surface area contributed by atoms with Crippen LogP contribution < -0.4 is 5.32 Å². The molecule has 0 amide bonds. The molecule has 0 atom stereocenters. The fourth-order valence-corrected chi connectivity index (χ4v) is 1.80. The standard InChI is InChI=1S/C12H18BrN/c1-2-3-8-14-9-7-11-5-4-6-12(13)10-11/h4-6,10,14H,2-3,7-9H2,1H3. The van der Waals surface area contributed by atoms with Crippen LogP contribution in [0.1, 0.15) is 25.3 Å². The van der Waals surface area contributed by atoms with Crippen LogP contribution in [0.2, 0.25) is 0 Å². The van der Waals surface area contributed by atoms with Crippen molar-refractivity contribution in [2.24, 2.45) is 0 Å². The predicted octanol–water partition coefficient (Wildman–Crippen LogP) is 3.38. The summed E-state index contributed by atoms with van der Waals surface area (Å²) >= 11 is 3.48. The summed E-state index contributed by atoms with van der Waals surface area (Å²) in [4.78, 5) is 0. The molecule has 1 rings (SSSR count). The smallest absolute Gasteiger partial charge is 0.0178 e. The van der Waals surface area contributed by atoms with E-state index in [1.165, 1.54) is 22.9 Å². The van der Waals surface area contributed by atoms with E-state index in [9.17, 15) is 0 Å². The number of unbranched alkanes of at least 4 members (excludes halogenated alkanes) is 1. The highest BCUT2D eigenvalue weighted by molar-refractivity contribution is 9.10. The molecule has 0 aliphatic carbocycles. The number of benzene rings is 1. The van der Waals surface area contributed by atoms with Crippen molar-refractivity contribution in [3.8, 4) is 0 Å². The Balaban J connectivity index is 2.18. The maximum absolute atomic E-state index is 3.48. The summed E-state index contributed by atoms with van der Waals surface area (Å²) in [7, 11) is 0. The maximum atomic E-state index is 3.48. The van der Waals surface area contributed by atoms with Gasteiger partial charge in [-0.3, -0.25) is 0 Å². The Morgan fingerprint density at radius 3 is 2.86 bits per heavy atom. The molecule has 2 heteroatoms. The van der Waals surface area contributed by atoms with Gasteiger partial charge in [0.25, 0.3) is 0 Å². The van der Waals surface area contributed by atoms with Crippen molar-refractivity contribution in [1.82, 2.24) is 5.32 Å². The second kappa shape index (κ2) is 7.02. The fraction of sp³-hybridized carbons (Fsp3) is 0.500. The van der Waals surface area contributed by atoms with E-state index in [2.05, 4.69) is 52.4 Å². The predicted molar refractivity (Wildman–Crippen MR) is 65.6 cm³/mol. The molecule has 0 aliphatic rings. The largest absolute Gasteiger partial charge is 0.316 e. The molecule has 0 aliphatic heterocycles. The lowest BCUT2D eigenvalue weighted by molar-refractivity contribution is 0.640. The zero-order valence-electron chi connectivity index (χ0n) is 8.72. The zero-order chi connectivity index (χ0) is 10.2. The topological polar surface area (TPSA) is 12.0 Å². The molecule has 1 aromatic carbocycles. The Morgan fingerprint density at radius 1 is 1.29 bits per heavy atom. The molecule has 0 spiro atoms. The van der Waals surface area contributed by atoms with Gasteiger partial charge in [0.1, 0.15) is 0 Å². The molecule has 1 aromatic rings. The average Bonchev–Trinajstić information content (AvgIpc) is 2.18. The van der Waals surface area contributed by atoms with Gasteiger partial charge < -0.3 is 5.32 Å². The minimum atomic E-state index is 1.08. The van der Waals surface area contributed by atoms with E-state index in [1.54, 1.807) is 0 Å². The van der Waals surface area contributed by atoms with Crippen LogP contribution in [0, 0.1) is 0 Å². The Hall–Kier alpha value is -0.340. The van der Waals surface area contributed by atoms with E-state index >= 15 is 0 Å². The molecule has 0 heterocycles. The number of hydrogen-bond donors (Lipinski definition) is 1. The Morgan fingerprint density at radius 2 is 2.14 bits per heavy atom. The second-order valence-electron chi connectivity index (χ2n) is 3.48. The maximum Gasteiger partial charge on any atom is 0.0178 e. The van der Waals surface area contributed by atoms with Gasteiger partial charge in [-0.25, -0.2) is 0 Å². The third-order valence-electron chi connectivity index (χ3n) is 2.19. The summed E-state index contributed by atoms with van der Waals surface area (Å²) in [6, 6.07) is 8.51. The average molecular weight is 256 g/mol. The van der Waals surface area contributed by atoms with Gasteiger partial charge >= 0.3 is 0 Å². The lowest BCUT2D eigenvalue weighted by Crippen LogP contribution is -2.18. The van der Waals surface area contributed by atoms with E-state index in [0.29, 0.717) is 0 Å². The van der Waals surface area contributed by atoms with Crippen molar-refractivity contribution < 1.29 is 0 Å². The van der Waals surface area contributed by atoms with Crippen molar-refractivity contribution in [2.75, 3.05) is 13.1 Å². The van der Waals surface area contributed by atoms with Crippen molar-refractivity contribution in [2.45, 2.75) is 26.2 Å². The van der Waals surface area contributed by atoms with Crippen LogP contribution in [0.4, 0.5) is 0 Å². The summed E-state index contributed by atoms with van der Waals surface area (Å²) in [5.74, 6) is 0. The van der Waals surface area contributed by atoms with Crippen LogP contribution in [-0.2, 0) is 6.42 Å². The van der Waals surface area contributed by atoms with Gasteiger partial charge in [0, 0.05) is 4.47 Å². The van der Waals surface area contributed by atoms with Crippen LogP contribution in [0.3, 0.4) is 0 Å². The van der Waals surface area contributed by atoms with Crippen LogP contribution in [0.15, 0.2) is 28.7 Å². The highest BCUT2D eigenvalue weighted by atomic mass is 79.9. The van der Waals surface area contributed by atoms with Gasteiger partial charge in [0.2, 0.25) is 0 Å². The van der Waals surface area contributed by atoms with Crippen molar-refractivity contribution in [3.05, 3.63) is 34.3 Å². The SMILES string of the molecule is CCCCNCCc1cccc(Br)c1. The quantitative estimate of drug-likeness (QED) is 0.769. The molecule has 0 radical (unpaired) electrons. The minimum absolute atomic E-state index is 1.08. The first kappa shape index (κ1) is 11.7. The molecule has 0 bridgehead atoms. The molecule has 0 unspecified atom stereocenters. The lowest BCUT2D eigenvalue weighted by Gasteiger charge is -2.04. The van der Waals surface area contributed by atoms with Crippen LogP contribution >= 0.6 is 15.9 Å². The summed E-state index contributed by atoms with van der Waals surface area (Å²) in [5.41, 5.74) is 1.39. The molecule has 0 saturated carbocycles. The van der Waals surface area contributed by atoms with Gasteiger partial charge in [0.15, 0.2) is 0 Å². The van der Waals surface area contributed by atoms with Gasteiger partial charge in [-0.05, 0) is 43.6 Å². The second-order valence-corrected chi connectivity index (χ2v) is 4.40. The lowest BCUT2D eigenvalue weighted by atomic mass is 10.1. The van der Waals surface area contributed by atoms with Crippen molar-refractivity contribution in [1.29, 1.82) is 0 Å². The van der Waals surface area contributed by atoms with Crippen LogP contribution in [0.25, 0.3) is 0 Å². The van der Waals surface area contributed by atoms with Crippen molar-refractivity contribution in [3.63, 3.8) is 0 Å². The Labute approximate surface area is 95.0 Å². The normalized spacial score (nSPS) is 10.4. The van der Waals surface area contributed by atoms with Crippen LogP contribution in [-0.4, -0.2) is 13.1 Å². The van der Waals surface area contributed by atoms with E-state index in [0.717, 1.165) is 19.5 Å². The van der Waals surface area contributed by atoms with Gasteiger partial charge in [0.05, 0.1) is 0 Å². The minimum Gasteiger partial charge on any atom is -0.316 e. The fourth-order valence-electron chi connectivity index (χ4n) is 1.35. The summed E-state index contributed by atoms with van der Waals surface area (Å²) in [6.07, 6.45) is 3.66. The highest BCUT2D eigenvalue weighted by Gasteiger charge is 1.93. The summed E-state index contributed by atoms with van der Waals surface area (Å²) in [6.45, 7) is 4.44. The molecular weight excluding hydrogens is 238 g/mol. The molecule has 0 saturated heterocycles. The van der Waals surface area contributed by atoms with E-state index in [4.69, 9.17) is 0 Å².